The first kappa shape index (κ1) is 11.3. The second-order valence-electron chi connectivity index (χ2n) is 5.09. The third-order valence-corrected chi connectivity index (χ3v) is 4.00. The fourth-order valence-electron chi connectivity index (χ4n) is 2.88. The Labute approximate surface area is 107 Å². The standard InChI is InChI=1S/C15H17NO2/c1-2-12-13-8-16(9-14(12)13)15(17)18-10-11-6-4-3-5-7-11/h2-7,12-14H,1,8-10H2/t12?,13-,14+. The Balaban J connectivity index is 1.48. The Kier molecular flexibility index (Phi) is 2.82. The van der Waals surface area contributed by atoms with Gasteiger partial charge in [0.2, 0.25) is 0 Å². The average molecular weight is 243 g/mol. The minimum absolute atomic E-state index is 0.186. The van der Waals surface area contributed by atoms with Crippen molar-refractivity contribution in [1.82, 2.24) is 4.90 Å². The molecule has 3 atom stereocenters. The molecule has 1 aliphatic heterocycles. The molecule has 94 valence electrons. The van der Waals surface area contributed by atoms with Crippen molar-refractivity contribution in [2.45, 2.75) is 6.61 Å². The predicted molar refractivity (Wildman–Crippen MR) is 68.9 cm³/mol. The van der Waals surface area contributed by atoms with Gasteiger partial charge in [-0.25, -0.2) is 4.79 Å². The summed E-state index contributed by atoms with van der Waals surface area (Å²) in [6, 6.07) is 9.77. The van der Waals surface area contributed by atoms with Gasteiger partial charge in [0.05, 0.1) is 0 Å². The van der Waals surface area contributed by atoms with E-state index in [-0.39, 0.29) is 6.09 Å². The molecule has 1 amide bonds. The van der Waals surface area contributed by atoms with E-state index in [4.69, 9.17) is 4.74 Å². The molecule has 0 N–H and O–H groups in total. The zero-order chi connectivity index (χ0) is 12.5. The zero-order valence-corrected chi connectivity index (χ0v) is 10.3. The lowest BCUT2D eigenvalue weighted by Gasteiger charge is -2.18. The molecule has 1 saturated heterocycles. The third-order valence-electron chi connectivity index (χ3n) is 4.00. The van der Waals surface area contributed by atoms with E-state index in [1.165, 1.54) is 0 Å². The molecule has 1 heterocycles. The van der Waals surface area contributed by atoms with Crippen molar-refractivity contribution in [3.8, 4) is 0 Å². The van der Waals surface area contributed by atoms with Crippen LogP contribution in [0.25, 0.3) is 0 Å². The lowest BCUT2D eigenvalue weighted by molar-refractivity contribution is 0.0994. The second kappa shape index (κ2) is 4.48. The zero-order valence-electron chi connectivity index (χ0n) is 10.3. The highest BCUT2D eigenvalue weighted by atomic mass is 16.6. The number of benzene rings is 1. The molecule has 1 saturated carbocycles. The van der Waals surface area contributed by atoms with Crippen LogP contribution in [0, 0.1) is 17.8 Å². The monoisotopic (exact) mass is 243 g/mol. The number of ether oxygens (including phenoxy) is 1. The number of carbonyl (C=O) groups is 1. The highest BCUT2D eigenvalue weighted by Gasteiger charge is 2.55. The van der Waals surface area contributed by atoms with E-state index in [1.54, 1.807) is 0 Å². The quantitative estimate of drug-likeness (QED) is 0.764. The Morgan fingerprint density at radius 1 is 1.33 bits per heavy atom. The molecule has 0 bridgehead atoms. The molecule has 0 spiro atoms. The molecular weight excluding hydrogens is 226 g/mol. The maximum absolute atomic E-state index is 11.9. The predicted octanol–water partition coefficient (Wildman–Crippen LogP) is 2.69. The second-order valence-corrected chi connectivity index (χ2v) is 5.09. The maximum Gasteiger partial charge on any atom is 0.410 e. The number of likely N-dealkylation sites (tertiary alicyclic amines) is 1. The SMILES string of the molecule is C=CC1[C@H]2CN(C(=O)OCc3ccccc3)C[C@@H]12. The van der Waals surface area contributed by atoms with Crippen LogP contribution in [0.3, 0.4) is 0 Å². The van der Waals surface area contributed by atoms with Crippen LogP contribution in [0.15, 0.2) is 43.0 Å². The average Bonchev–Trinajstić information content (AvgIpc) is 2.88. The van der Waals surface area contributed by atoms with Crippen LogP contribution in [0.1, 0.15) is 5.56 Å². The number of fused-ring (bicyclic) bond motifs is 1. The summed E-state index contributed by atoms with van der Waals surface area (Å²) in [5.74, 6) is 1.89. The summed E-state index contributed by atoms with van der Waals surface area (Å²) in [5, 5.41) is 0. The molecule has 18 heavy (non-hydrogen) atoms. The number of rotatable bonds is 3. The molecule has 2 aliphatic rings. The minimum atomic E-state index is -0.186. The molecule has 1 unspecified atom stereocenters. The van der Waals surface area contributed by atoms with Gasteiger partial charge in [0.15, 0.2) is 0 Å². The molecule has 1 aromatic carbocycles. The van der Waals surface area contributed by atoms with Crippen LogP contribution in [0.2, 0.25) is 0 Å². The highest BCUT2D eigenvalue weighted by Crippen LogP contribution is 2.52. The summed E-state index contributed by atoms with van der Waals surface area (Å²) in [7, 11) is 0. The van der Waals surface area contributed by atoms with Crippen molar-refractivity contribution in [1.29, 1.82) is 0 Å². The normalized spacial score (nSPS) is 28.7. The van der Waals surface area contributed by atoms with E-state index in [0.717, 1.165) is 18.7 Å². The molecule has 3 heteroatoms. The highest BCUT2D eigenvalue weighted by molar-refractivity contribution is 5.68. The van der Waals surface area contributed by atoms with Gasteiger partial charge < -0.3 is 9.64 Å². The molecule has 1 aliphatic carbocycles. The first-order valence-corrected chi connectivity index (χ1v) is 6.38. The van der Waals surface area contributed by atoms with Crippen molar-refractivity contribution < 1.29 is 9.53 Å². The number of carbonyl (C=O) groups excluding carboxylic acids is 1. The minimum Gasteiger partial charge on any atom is -0.445 e. The Morgan fingerprint density at radius 3 is 2.61 bits per heavy atom. The lowest BCUT2D eigenvalue weighted by Crippen LogP contribution is -2.31. The van der Waals surface area contributed by atoms with Crippen molar-refractivity contribution in [3.05, 3.63) is 48.6 Å². The Bertz CT molecular complexity index is 445. The van der Waals surface area contributed by atoms with Gasteiger partial charge in [-0.2, -0.15) is 0 Å². The van der Waals surface area contributed by atoms with Gasteiger partial charge in [-0.3, -0.25) is 0 Å². The topological polar surface area (TPSA) is 29.5 Å². The van der Waals surface area contributed by atoms with E-state index >= 15 is 0 Å². The number of piperidine rings is 1. The number of hydrogen-bond acceptors (Lipinski definition) is 2. The van der Waals surface area contributed by atoms with E-state index in [2.05, 4.69) is 6.58 Å². The van der Waals surface area contributed by atoms with Crippen molar-refractivity contribution >= 4 is 6.09 Å². The summed E-state index contributed by atoms with van der Waals surface area (Å²) in [6.45, 7) is 5.83. The summed E-state index contributed by atoms with van der Waals surface area (Å²) in [4.78, 5) is 13.7. The fourth-order valence-corrected chi connectivity index (χ4v) is 2.88. The van der Waals surface area contributed by atoms with Crippen LogP contribution in [0.4, 0.5) is 4.79 Å². The first-order valence-electron chi connectivity index (χ1n) is 6.38. The van der Waals surface area contributed by atoms with Crippen molar-refractivity contribution in [3.63, 3.8) is 0 Å². The van der Waals surface area contributed by atoms with E-state index < -0.39 is 0 Å². The summed E-state index contributed by atoms with van der Waals surface area (Å²) in [5.41, 5.74) is 1.03. The third kappa shape index (κ3) is 2.01. The van der Waals surface area contributed by atoms with Gasteiger partial charge >= 0.3 is 6.09 Å². The van der Waals surface area contributed by atoms with Gasteiger partial charge in [-0.15, -0.1) is 6.58 Å². The molecule has 3 rings (SSSR count). The van der Waals surface area contributed by atoms with Gasteiger partial charge in [0.1, 0.15) is 6.61 Å². The number of allylic oxidation sites excluding steroid dienone is 1. The summed E-state index contributed by atoms with van der Waals surface area (Å²) >= 11 is 0. The van der Waals surface area contributed by atoms with Crippen molar-refractivity contribution in [2.75, 3.05) is 13.1 Å². The smallest absolute Gasteiger partial charge is 0.410 e. The van der Waals surface area contributed by atoms with E-state index in [9.17, 15) is 4.79 Å². The summed E-state index contributed by atoms with van der Waals surface area (Å²) < 4.78 is 5.31. The summed E-state index contributed by atoms with van der Waals surface area (Å²) in [6.07, 6.45) is 1.83. The molecule has 2 fully saturated rings. The van der Waals surface area contributed by atoms with Gasteiger partial charge in [0.25, 0.3) is 0 Å². The number of amides is 1. The Morgan fingerprint density at radius 2 is 2.00 bits per heavy atom. The Hall–Kier alpha value is -1.77. The van der Waals surface area contributed by atoms with Crippen LogP contribution >= 0.6 is 0 Å². The molecular formula is C15H17NO2. The number of hydrogen-bond donors (Lipinski definition) is 0. The molecule has 1 aromatic rings. The maximum atomic E-state index is 11.9. The van der Waals surface area contributed by atoms with Crippen molar-refractivity contribution in [2.24, 2.45) is 17.8 Å². The molecule has 0 aromatic heterocycles. The number of nitrogens with zero attached hydrogens (tertiary/aromatic N) is 1. The van der Waals surface area contributed by atoms with Crippen LogP contribution in [-0.2, 0) is 11.3 Å². The van der Waals surface area contributed by atoms with Gasteiger partial charge in [-0.05, 0) is 23.3 Å². The largest absolute Gasteiger partial charge is 0.445 e. The van der Waals surface area contributed by atoms with Crippen LogP contribution in [0.5, 0.6) is 0 Å². The first-order chi connectivity index (χ1) is 8.79. The fraction of sp³-hybridized carbons (Fsp3) is 0.400. The van der Waals surface area contributed by atoms with Crippen LogP contribution in [-0.4, -0.2) is 24.1 Å². The molecule has 3 nitrogen and oxygen atoms in total. The van der Waals surface area contributed by atoms with Gasteiger partial charge in [0, 0.05) is 13.1 Å². The van der Waals surface area contributed by atoms with Gasteiger partial charge in [-0.1, -0.05) is 36.4 Å². The van der Waals surface area contributed by atoms with E-state index in [0.29, 0.717) is 24.4 Å². The lowest BCUT2D eigenvalue weighted by atomic mass is 10.2. The van der Waals surface area contributed by atoms with E-state index in [1.807, 2.05) is 41.3 Å². The molecule has 0 radical (unpaired) electrons. The van der Waals surface area contributed by atoms with Crippen LogP contribution < -0.4 is 0 Å².